The first-order valence-electron chi connectivity index (χ1n) is 9.44. The van der Waals surface area contributed by atoms with Crippen LogP contribution in [0, 0.1) is 0 Å². The minimum atomic E-state index is -0.373. The first-order chi connectivity index (χ1) is 15.5. The van der Waals surface area contributed by atoms with Crippen molar-refractivity contribution in [2.75, 3.05) is 5.32 Å². The standard InChI is InChI=1S/C23H13Cl2N3OS3/c24-12-9-10-14-18(11-12)31-20(19(14)25)21(29)28-23(30)27-15-6-2-1-5-13(15)22-26-16-7-3-4-8-17(16)32-22/h1-11H,(H2,27,28,29,30). The van der Waals surface area contributed by atoms with Crippen molar-refractivity contribution in [2.24, 2.45) is 0 Å². The van der Waals surface area contributed by atoms with Crippen molar-refractivity contribution in [3.05, 3.63) is 81.7 Å². The van der Waals surface area contributed by atoms with Crippen LogP contribution in [-0.2, 0) is 0 Å². The number of hydrogen-bond donors (Lipinski definition) is 2. The van der Waals surface area contributed by atoms with E-state index in [1.54, 1.807) is 29.5 Å². The molecule has 5 aromatic rings. The van der Waals surface area contributed by atoms with E-state index in [0.717, 1.165) is 36.6 Å². The third-order valence-electron chi connectivity index (χ3n) is 4.72. The van der Waals surface area contributed by atoms with Crippen LogP contribution >= 0.6 is 58.1 Å². The van der Waals surface area contributed by atoms with Gasteiger partial charge in [-0.05, 0) is 48.6 Å². The average molecular weight is 514 g/mol. The summed E-state index contributed by atoms with van der Waals surface area (Å²) in [5.41, 5.74) is 2.60. The molecule has 2 aromatic heterocycles. The van der Waals surface area contributed by atoms with Gasteiger partial charge >= 0.3 is 0 Å². The van der Waals surface area contributed by atoms with Crippen LogP contribution in [0.15, 0.2) is 66.7 Å². The normalized spacial score (nSPS) is 11.1. The third-order valence-corrected chi connectivity index (χ3v) is 7.89. The molecule has 2 N–H and O–H groups in total. The highest BCUT2D eigenvalue weighted by Gasteiger charge is 2.19. The van der Waals surface area contributed by atoms with E-state index in [9.17, 15) is 4.79 Å². The van der Waals surface area contributed by atoms with Gasteiger partial charge in [-0.25, -0.2) is 4.98 Å². The van der Waals surface area contributed by atoms with E-state index < -0.39 is 0 Å². The maximum absolute atomic E-state index is 12.8. The second-order valence-electron chi connectivity index (χ2n) is 6.83. The van der Waals surface area contributed by atoms with Gasteiger partial charge in [0.2, 0.25) is 0 Å². The third kappa shape index (κ3) is 4.10. The lowest BCUT2D eigenvalue weighted by atomic mass is 10.2. The van der Waals surface area contributed by atoms with E-state index in [4.69, 9.17) is 40.4 Å². The number of aromatic nitrogens is 1. The fourth-order valence-corrected chi connectivity index (χ4v) is 6.16. The molecule has 4 nitrogen and oxygen atoms in total. The maximum atomic E-state index is 12.8. The van der Waals surface area contributed by atoms with Crippen molar-refractivity contribution in [3.8, 4) is 10.6 Å². The summed E-state index contributed by atoms with van der Waals surface area (Å²) in [4.78, 5) is 17.9. The number of nitrogens with zero attached hydrogens (tertiary/aromatic N) is 1. The van der Waals surface area contributed by atoms with Gasteiger partial charge in [0, 0.05) is 20.7 Å². The van der Waals surface area contributed by atoms with Gasteiger partial charge in [-0.15, -0.1) is 22.7 Å². The highest BCUT2D eigenvalue weighted by Crippen LogP contribution is 2.37. The number of halogens is 2. The molecule has 32 heavy (non-hydrogen) atoms. The minimum Gasteiger partial charge on any atom is -0.332 e. The van der Waals surface area contributed by atoms with Gasteiger partial charge in [0.15, 0.2) is 5.11 Å². The lowest BCUT2D eigenvalue weighted by Gasteiger charge is -2.12. The van der Waals surface area contributed by atoms with Crippen molar-refractivity contribution in [1.29, 1.82) is 0 Å². The van der Waals surface area contributed by atoms with Gasteiger partial charge in [-0.1, -0.05) is 53.5 Å². The number of thiocarbonyl (C=S) groups is 1. The first kappa shape index (κ1) is 21.3. The van der Waals surface area contributed by atoms with Crippen LogP contribution in [-0.4, -0.2) is 16.0 Å². The Hall–Kier alpha value is -2.55. The Morgan fingerprint density at radius 1 is 0.938 bits per heavy atom. The number of para-hydroxylation sites is 2. The molecule has 0 bridgehead atoms. The number of carbonyl (C=O) groups excluding carboxylic acids is 1. The summed E-state index contributed by atoms with van der Waals surface area (Å²) >= 11 is 20.8. The van der Waals surface area contributed by atoms with Crippen LogP contribution in [0.5, 0.6) is 0 Å². The molecular weight excluding hydrogens is 501 g/mol. The van der Waals surface area contributed by atoms with E-state index in [-0.39, 0.29) is 11.0 Å². The van der Waals surface area contributed by atoms with Crippen molar-refractivity contribution in [3.63, 3.8) is 0 Å². The molecule has 0 unspecified atom stereocenters. The highest BCUT2D eigenvalue weighted by molar-refractivity contribution is 7.80. The summed E-state index contributed by atoms with van der Waals surface area (Å²) in [6.07, 6.45) is 0. The quantitative estimate of drug-likeness (QED) is 0.243. The average Bonchev–Trinajstić information content (AvgIpc) is 3.35. The Morgan fingerprint density at radius 3 is 2.56 bits per heavy atom. The van der Waals surface area contributed by atoms with E-state index in [1.807, 2.05) is 48.5 Å². The zero-order valence-corrected chi connectivity index (χ0v) is 20.1. The molecule has 158 valence electrons. The van der Waals surface area contributed by atoms with Crippen LogP contribution in [0.1, 0.15) is 9.67 Å². The van der Waals surface area contributed by atoms with Gasteiger partial charge < -0.3 is 5.32 Å². The Morgan fingerprint density at radius 2 is 1.72 bits per heavy atom. The second-order valence-corrected chi connectivity index (χ2v) is 10.1. The zero-order chi connectivity index (χ0) is 22.2. The number of carbonyl (C=O) groups is 1. The monoisotopic (exact) mass is 513 g/mol. The van der Waals surface area contributed by atoms with E-state index in [0.29, 0.717) is 14.9 Å². The Balaban J connectivity index is 1.38. The number of amides is 1. The maximum Gasteiger partial charge on any atom is 0.269 e. The number of hydrogen-bond acceptors (Lipinski definition) is 5. The molecule has 0 spiro atoms. The van der Waals surface area contributed by atoms with Gasteiger partial charge in [-0.3, -0.25) is 10.1 Å². The molecule has 0 aliphatic rings. The molecule has 9 heteroatoms. The summed E-state index contributed by atoms with van der Waals surface area (Å²) < 4.78 is 1.94. The zero-order valence-electron chi connectivity index (χ0n) is 16.2. The lowest BCUT2D eigenvalue weighted by molar-refractivity contribution is 0.0982. The number of fused-ring (bicyclic) bond motifs is 2. The highest BCUT2D eigenvalue weighted by atomic mass is 35.5. The fraction of sp³-hybridized carbons (Fsp3) is 0. The second kappa shape index (κ2) is 8.77. The largest absolute Gasteiger partial charge is 0.332 e. The molecule has 0 fully saturated rings. The molecular formula is C23H13Cl2N3OS3. The number of benzene rings is 3. The molecule has 3 aromatic carbocycles. The fourth-order valence-electron chi connectivity index (χ4n) is 3.26. The summed E-state index contributed by atoms with van der Waals surface area (Å²) in [6, 6.07) is 21.0. The Bertz CT molecular complexity index is 1480. The summed E-state index contributed by atoms with van der Waals surface area (Å²) in [5.74, 6) is -0.373. The smallest absolute Gasteiger partial charge is 0.269 e. The van der Waals surface area contributed by atoms with Gasteiger partial charge in [0.25, 0.3) is 5.91 Å². The van der Waals surface area contributed by atoms with Crippen LogP contribution in [0.3, 0.4) is 0 Å². The predicted octanol–water partition coefficient (Wildman–Crippen LogP) is 7.61. The molecule has 2 heterocycles. The lowest BCUT2D eigenvalue weighted by Crippen LogP contribution is -2.33. The van der Waals surface area contributed by atoms with Crippen LogP contribution in [0.25, 0.3) is 30.9 Å². The number of thiophene rings is 1. The molecule has 0 saturated heterocycles. The van der Waals surface area contributed by atoms with Crippen molar-refractivity contribution in [2.45, 2.75) is 0 Å². The Kier molecular flexibility index (Phi) is 5.84. The SMILES string of the molecule is O=C(NC(=S)Nc1ccccc1-c1nc2ccccc2s1)c1sc2cc(Cl)ccc2c1Cl. The van der Waals surface area contributed by atoms with Gasteiger partial charge in [-0.2, -0.15) is 0 Å². The van der Waals surface area contributed by atoms with Crippen molar-refractivity contribution >= 4 is 95.1 Å². The van der Waals surface area contributed by atoms with Crippen LogP contribution in [0.4, 0.5) is 5.69 Å². The first-order valence-corrected chi connectivity index (χ1v) is 12.2. The number of nitrogens with one attached hydrogen (secondary N) is 2. The van der Waals surface area contributed by atoms with E-state index in [2.05, 4.69) is 10.6 Å². The van der Waals surface area contributed by atoms with Crippen LogP contribution < -0.4 is 10.6 Å². The van der Waals surface area contributed by atoms with E-state index in [1.165, 1.54) is 11.3 Å². The number of rotatable bonds is 3. The molecule has 0 aliphatic heterocycles. The van der Waals surface area contributed by atoms with E-state index >= 15 is 0 Å². The van der Waals surface area contributed by atoms with Crippen molar-refractivity contribution in [1.82, 2.24) is 10.3 Å². The van der Waals surface area contributed by atoms with Crippen LogP contribution in [0.2, 0.25) is 10.0 Å². The molecule has 1 amide bonds. The summed E-state index contributed by atoms with van der Waals surface area (Å²) in [7, 11) is 0. The van der Waals surface area contributed by atoms with Gasteiger partial charge in [0.05, 0.1) is 20.9 Å². The summed E-state index contributed by atoms with van der Waals surface area (Å²) in [5, 5.41) is 8.65. The molecule has 0 saturated carbocycles. The minimum absolute atomic E-state index is 0.176. The predicted molar refractivity (Wildman–Crippen MR) is 141 cm³/mol. The van der Waals surface area contributed by atoms with Crippen molar-refractivity contribution < 1.29 is 4.79 Å². The molecule has 0 aliphatic carbocycles. The number of anilines is 1. The van der Waals surface area contributed by atoms with Gasteiger partial charge in [0.1, 0.15) is 9.88 Å². The molecule has 0 atom stereocenters. The number of thiazole rings is 1. The Labute approximate surface area is 206 Å². The summed E-state index contributed by atoms with van der Waals surface area (Å²) in [6.45, 7) is 0. The topological polar surface area (TPSA) is 54.0 Å². The molecule has 0 radical (unpaired) electrons. The molecule has 5 rings (SSSR count).